The molecule has 0 unspecified atom stereocenters. The van der Waals surface area contributed by atoms with Crippen LogP contribution >= 0.6 is 0 Å². The summed E-state index contributed by atoms with van der Waals surface area (Å²) in [5, 5.41) is 0. The molecule has 0 fully saturated rings. The number of carbonyl (C=O) groups is 2. The maximum Gasteiger partial charge on any atom is 0.170 e. The summed E-state index contributed by atoms with van der Waals surface area (Å²) in [4.78, 5) is 28.9. The average molecular weight is 387 g/mol. The number of aliphatic imine (C=N–C) groups is 1. The SMILES string of the molecule is CCC1(CC)CC(=O)c2cc(C3=CC(c4ccc(C(C)=O)cc4)=NC3)ccc2O1. The van der Waals surface area contributed by atoms with Gasteiger partial charge >= 0.3 is 0 Å². The van der Waals surface area contributed by atoms with E-state index in [1.54, 1.807) is 6.92 Å². The zero-order valence-corrected chi connectivity index (χ0v) is 17.1. The number of allylic oxidation sites excluding steroid dienone is 1. The normalized spacial score (nSPS) is 17.3. The summed E-state index contributed by atoms with van der Waals surface area (Å²) < 4.78 is 6.23. The number of nitrogens with zero attached hydrogens (tertiary/aromatic N) is 1. The van der Waals surface area contributed by atoms with Crippen molar-refractivity contribution in [3.63, 3.8) is 0 Å². The quantitative estimate of drug-likeness (QED) is 0.654. The first-order valence-electron chi connectivity index (χ1n) is 10.2. The smallest absolute Gasteiger partial charge is 0.170 e. The van der Waals surface area contributed by atoms with Gasteiger partial charge in [-0.15, -0.1) is 0 Å². The van der Waals surface area contributed by atoms with Crippen molar-refractivity contribution < 1.29 is 14.3 Å². The fraction of sp³-hybridized carbons (Fsp3) is 0.320. The lowest BCUT2D eigenvalue weighted by molar-refractivity contribution is 0.0349. The number of ketones is 2. The number of ether oxygens (including phenoxy) is 1. The van der Waals surface area contributed by atoms with E-state index in [4.69, 9.17) is 4.74 Å². The summed E-state index contributed by atoms with van der Waals surface area (Å²) >= 11 is 0. The number of hydrogen-bond donors (Lipinski definition) is 0. The van der Waals surface area contributed by atoms with Crippen LogP contribution < -0.4 is 4.74 Å². The number of hydrogen-bond acceptors (Lipinski definition) is 4. The molecule has 0 radical (unpaired) electrons. The van der Waals surface area contributed by atoms with Gasteiger partial charge in [0.05, 0.1) is 24.2 Å². The van der Waals surface area contributed by atoms with Crippen molar-refractivity contribution in [3.8, 4) is 5.75 Å². The highest BCUT2D eigenvalue weighted by Crippen LogP contribution is 2.38. The molecule has 4 heteroatoms. The largest absolute Gasteiger partial charge is 0.486 e. The summed E-state index contributed by atoms with van der Waals surface area (Å²) in [7, 11) is 0. The molecule has 0 atom stereocenters. The minimum atomic E-state index is -0.374. The van der Waals surface area contributed by atoms with Gasteiger partial charge < -0.3 is 4.74 Å². The third-order valence-corrected chi connectivity index (χ3v) is 6.07. The van der Waals surface area contributed by atoms with E-state index in [0.717, 1.165) is 35.3 Å². The Morgan fingerprint density at radius 1 is 1.07 bits per heavy atom. The van der Waals surface area contributed by atoms with Crippen molar-refractivity contribution in [1.82, 2.24) is 0 Å². The minimum absolute atomic E-state index is 0.0530. The molecular formula is C25H25NO3. The molecule has 0 saturated carbocycles. The van der Waals surface area contributed by atoms with Gasteiger partial charge in [-0.3, -0.25) is 14.6 Å². The van der Waals surface area contributed by atoms with E-state index in [-0.39, 0.29) is 17.2 Å². The van der Waals surface area contributed by atoms with E-state index in [2.05, 4.69) is 24.9 Å². The molecule has 4 nitrogen and oxygen atoms in total. The Bertz CT molecular complexity index is 1040. The second-order valence-electron chi connectivity index (χ2n) is 7.81. The number of fused-ring (bicyclic) bond motifs is 1. The van der Waals surface area contributed by atoms with E-state index in [1.807, 2.05) is 42.5 Å². The molecule has 0 amide bonds. The number of carbonyl (C=O) groups excluding carboxylic acids is 2. The molecule has 2 aliphatic heterocycles. The average Bonchev–Trinajstić information content (AvgIpc) is 3.23. The standard InChI is InChI=1S/C25H25NO3/c1-4-25(5-2)14-23(28)21-12-19(10-11-24(21)29-25)20-13-22(26-15-20)18-8-6-17(7-9-18)16(3)27/h6-13H,4-5,14-15H2,1-3H3. The van der Waals surface area contributed by atoms with Gasteiger partial charge in [-0.1, -0.05) is 44.2 Å². The van der Waals surface area contributed by atoms with Crippen LogP contribution in [0.25, 0.3) is 5.57 Å². The third kappa shape index (κ3) is 3.55. The summed E-state index contributed by atoms with van der Waals surface area (Å²) in [5.74, 6) is 0.891. The molecule has 2 heterocycles. The number of rotatable bonds is 5. The Labute approximate surface area is 171 Å². The van der Waals surface area contributed by atoms with Crippen LogP contribution in [0.5, 0.6) is 5.75 Å². The molecule has 0 saturated heterocycles. The molecule has 0 aliphatic carbocycles. The van der Waals surface area contributed by atoms with Crippen molar-refractivity contribution >= 4 is 22.9 Å². The van der Waals surface area contributed by atoms with Crippen molar-refractivity contribution in [2.75, 3.05) is 6.54 Å². The molecule has 2 aliphatic rings. The highest BCUT2D eigenvalue weighted by Gasteiger charge is 2.37. The predicted molar refractivity (Wildman–Crippen MR) is 115 cm³/mol. The Hall–Kier alpha value is -3.01. The highest BCUT2D eigenvalue weighted by molar-refractivity contribution is 6.15. The zero-order valence-electron chi connectivity index (χ0n) is 17.1. The van der Waals surface area contributed by atoms with Crippen LogP contribution in [-0.4, -0.2) is 29.4 Å². The van der Waals surface area contributed by atoms with E-state index >= 15 is 0 Å². The Balaban J connectivity index is 1.59. The number of Topliss-reactive ketones (excluding diaryl/α,β-unsaturated/α-hetero) is 2. The molecule has 29 heavy (non-hydrogen) atoms. The van der Waals surface area contributed by atoms with Crippen LogP contribution in [-0.2, 0) is 0 Å². The Morgan fingerprint density at radius 2 is 1.76 bits per heavy atom. The van der Waals surface area contributed by atoms with E-state index in [9.17, 15) is 9.59 Å². The van der Waals surface area contributed by atoms with Crippen molar-refractivity contribution in [2.24, 2.45) is 4.99 Å². The zero-order chi connectivity index (χ0) is 20.6. The lowest BCUT2D eigenvalue weighted by Gasteiger charge is -2.36. The van der Waals surface area contributed by atoms with Gasteiger partial charge in [0, 0.05) is 5.56 Å². The maximum atomic E-state index is 12.8. The summed E-state index contributed by atoms with van der Waals surface area (Å²) in [6, 6.07) is 13.4. The second-order valence-corrected chi connectivity index (χ2v) is 7.81. The van der Waals surface area contributed by atoms with Crippen LogP contribution in [0.4, 0.5) is 0 Å². The lowest BCUT2D eigenvalue weighted by atomic mass is 9.85. The van der Waals surface area contributed by atoms with Crippen LogP contribution in [0.1, 0.15) is 71.9 Å². The third-order valence-electron chi connectivity index (χ3n) is 6.07. The number of benzene rings is 2. The van der Waals surface area contributed by atoms with Crippen LogP contribution in [0.2, 0.25) is 0 Å². The molecule has 4 rings (SSSR count). The van der Waals surface area contributed by atoms with Gasteiger partial charge in [-0.2, -0.15) is 0 Å². The maximum absolute atomic E-state index is 12.8. The molecule has 0 bridgehead atoms. The fourth-order valence-electron chi connectivity index (χ4n) is 3.99. The van der Waals surface area contributed by atoms with Gasteiger partial charge in [0.15, 0.2) is 11.6 Å². The predicted octanol–water partition coefficient (Wildman–Crippen LogP) is 5.30. The Kier molecular flexibility index (Phi) is 4.95. The lowest BCUT2D eigenvalue weighted by Crippen LogP contribution is -2.40. The molecule has 2 aromatic rings. The molecule has 148 valence electrons. The topological polar surface area (TPSA) is 55.7 Å². The van der Waals surface area contributed by atoms with Gasteiger partial charge in [-0.25, -0.2) is 0 Å². The summed E-state index contributed by atoms with van der Waals surface area (Å²) in [5.41, 5.74) is 4.94. The van der Waals surface area contributed by atoms with E-state index in [0.29, 0.717) is 29.8 Å². The van der Waals surface area contributed by atoms with Crippen molar-refractivity contribution in [2.45, 2.75) is 45.6 Å². The first-order chi connectivity index (χ1) is 13.9. The molecule has 0 spiro atoms. The van der Waals surface area contributed by atoms with Crippen LogP contribution in [0.15, 0.2) is 53.5 Å². The first kappa shape index (κ1) is 19.3. The van der Waals surface area contributed by atoms with Crippen LogP contribution in [0.3, 0.4) is 0 Å². The summed E-state index contributed by atoms with van der Waals surface area (Å²) in [6.07, 6.45) is 4.13. The van der Waals surface area contributed by atoms with Crippen molar-refractivity contribution in [3.05, 3.63) is 70.8 Å². The van der Waals surface area contributed by atoms with E-state index in [1.165, 1.54) is 0 Å². The highest BCUT2D eigenvalue weighted by atomic mass is 16.5. The van der Waals surface area contributed by atoms with Gasteiger partial charge in [0.1, 0.15) is 11.4 Å². The molecular weight excluding hydrogens is 362 g/mol. The summed E-state index contributed by atoms with van der Waals surface area (Å²) in [6.45, 7) is 6.28. The van der Waals surface area contributed by atoms with Gasteiger partial charge in [0.25, 0.3) is 0 Å². The second kappa shape index (κ2) is 7.43. The van der Waals surface area contributed by atoms with E-state index < -0.39 is 0 Å². The van der Waals surface area contributed by atoms with Crippen molar-refractivity contribution in [1.29, 1.82) is 0 Å². The van der Waals surface area contributed by atoms with Gasteiger partial charge in [-0.05, 0) is 54.7 Å². The molecule has 0 N–H and O–H groups in total. The first-order valence-corrected chi connectivity index (χ1v) is 10.2. The Morgan fingerprint density at radius 3 is 2.41 bits per heavy atom. The minimum Gasteiger partial charge on any atom is -0.486 e. The van der Waals surface area contributed by atoms with Gasteiger partial charge in [0.2, 0.25) is 0 Å². The molecule has 0 aromatic heterocycles. The molecule has 2 aromatic carbocycles. The monoisotopic (exact) mass is 387 g/mol. The van der Waals surface area contributed by atoms with Crippen LogP contribution in [0, 0.1) is 0 Å². The fourth-order valence-corrected chi connectivity index (χ4v) is 3.99.